The summed E-state index contributed by atoms with van der Waals surface area (Å²) in [5.74, 6) is 1.70. The monoisotopic (exact) mass is 586 g/mol. The van der Waals surface area contributed by atoms with Gasteiger partial charge in [0.2, 0.25) is 5.36 Å². The maximum Gasteiger partial charge on any atom is 0.206 e. The summed E-state index contributed by atoms with van der Waals surface area (Å²) in [4.78, 5) is 0. The molecule has 2 nitrogen and oxygen atoms in total. The summed E-state index contributed by atoms with van der Waals surface area (Å²) >= 11 is 7.09. The van der Waals surface area contributed by atoms with Crippen LogP contribution in [0.2, 0.25) is 0 Å². The zero-order chi connectivity index (χ0) is 23.8. The number of hydrogen-bond donors (Lipinski definition) is 0. The fraction of sp³-hybridized carbons (Fsp3) is 0.194. The fourth-order valence-electron chi connectivity index (χ4n) is 5.27. The van der Waals surface area contributed by atoms with Crippen LogP contribution in [0.3, 0.4) is 0 Å². The topological polar surface area (TPSA) is 12.2 Å². The van der Waals surface area contributed by atoms with Gasteiger partial charge in [-0.3, -0.25) is 0 Å². The first-order valence-corrected chi connectivity index (χ1v) is 13.8. The van der Waals surface area contributed by atoms with Crippen LogP contribution in [0.25, 0.3) is 17.4 Å². The summed E-state index contributed by atoms with van der Waals surface area (Å²) in [6, 6.07) is 21.5. The Morgan fingerprint density at radius 3 is 1.94 bits per heavy atom. The Bertz CT molecular complexity index is 1470. The molecule has 0 saturated carbocycles. The molecule has 35 heavy (non-hydrogen) atoms. The molecule has 0 radical (unpaired) electrons. The SMILES string of the molecule is Brc1ccc(C2=C/C(=C\C=c3cc4c5c(c3)CCC[N+]=5CCC4)OC(c3ccc(Br)cc3)=C2)cc1. The number of halogens is 2. The third kappa shape index (κ3) is 4.87. The Balaban J connectivity index is 1.42. The molecule has 0 bridgehead atoms. The smallest absolute Gasteiger partial charge is 0.206 e. The molecule has 6 rings (SSSR count). The van der Waals surface area contributed by atoms with Gasteiger partial charge in [0.15, 0.2) is 0 Å². The highest BCUT2D eigenvalue weighted by Gasteiger charge is 2.23. The van der Waals surface area contributed by atoms with E-state index >= 15 is 0 Å². The van der Waals surface area contributed by atoms with Crippen LogP contribution in [-0.4, -0.2) is 13.1 Å². The van der Waals surface area contributed by atoms with E-state index in [2.05, 4.69) is 121 Å². The molecule has 3 aromatic rings. The third-order valence-electron chi connectivity index (χ3n) is 6.91. The van der Waals surface area contributed by atoms with E-state index in [1.165, 1.54) is 60.5 Å². The van der Waals surface area contributed by atoms with Crippen LogP contribution in [0, 0.1) is 0 Å². The molecule has 0 amide bonds. The van der Waals surface area contributed by atoms with Gasteiger partial charge in [0, 0.05) is 38.5 Å². The van der Waals surface area contributed by atoms with Crippen LogP contribution in [0.15, 0.2) is 93.6 Å². The minimum atomic E-state index is 0.844. The Morgan fingerprint density at radius 1 is 0.714 bits per heavy atom. The van der Waals surface area contributed by atoms with Crippen molar-refractivity contribution in [3.63, 3.8) is 0 Å². The molecular weight excluding hydrogens is 562 g/mol. The standard InChI is InChI=1S/C31H26Br2NO/c32-27-10-6-22(7-11-27)26-19-29(35-30(20-26)23-8-12-28(33)13-9-23)14-5-21-17-24-3-1-15-34-16-2-4-25(18-21)31(24)34/h5-14,17-20H,1-4,15-16H2/q+1/b29-14+. The van der Waals surface area contributed by atoms with E-state index in [0.717, 1.165) is 37.2 Å². The zero-order valence-corrected chi connectivity index (χ0v) is 22.6. The van der Waals surface area contributed by atoms with Crippen LogP contribution >= 0.6 is 31.9 Å². The number of rotatable bonds is 3. The number of hydrogen-bond acceptors (Lipinski definition) is 1. The molecule has 3 aromatic carbocycles. The molecule has 0 N–H and O–H groups in total. The van der Waals surface area contributed by atoms with Gasteiger partial charge in [-0.15, -0.1) is 0 Å². The van der Waals surface area contributed by atoms with Gasteiger partial charge in [-0.25, -0.2) is 4.58 Å². The number of aryl methyl sites for hydroxylation is 2. The second kappa shape index (κ2) is 9.75. The summed E-state index contributed by atoms with van der Waals surface area (Å²) in [6.45, 7) is 2.41. The minimum absolute atomic E-state index is 0.844. The van der Waals surface area contributed by atoms with Gasteiger partial charge in [0.05, 0.1) is 0 Å². The van der Waals surface area contributed by atoms with Gasteiger partial charge < -0.3 is 4.74 Å². The summed E-state index contributed by atoms with van der Waals surface area (Å²) in [5, 5.41) is 2.77. The number of allylic oxidation sites excluding steroid dienone is 4. The van der Waals surface area contributed by atoms with E-state index in [1.807, 2.05) is 0 Å². The Kier molecular flexibility index (Phi) is 6.34. The lowest BCUT2D eigenvalue weighted by molar-refractivity contribution is 0.399. The fourth-order valence-corrected chi connectivity index (χ4v) is 5.80. The predicted molar refractivity (Wildman–Crippen MR) is 151 cm³/mol. The van der Waals surface area contributed by atoms with Gasteiger partial charge in [-0.1, -0.05) is 62.2 Å². The molecule has 3 aliphatic rings. The highest BCUT2D eigenvalue weighted by Crippen LogP contribution is 2.32. The minimum Gasteiger partial charge on any atom is -0.457 e. The van der Waals surface area contributed by atoms with Gasteiger partial charge in [-0.2, -0.15) is 0 Å². The average Bonchev–Trinajstić information content (AvgIpc) is 2.88. The van der Waals surface area contributed by atoms with Crippen LogP contribution in [-0.2, 0) is 17.6 Å². The zero-order valence-electron chi connectivity index (χ0n) is 19.4. The molecule has 4 heteroatoms. The predicted octanol–water partition coefficient (Wildman–Crippen LogP) is 6.41. The van der Waals surface area contributed by atoms with Crippen molar-refractivity contribution in [3.05, 3.63) is 126 Å². The van der Waals surface area contributed by atoms with Crippen molar-refractivity contribution in [3.8, 4) is 0 Å². The second-order valence-corrected chi connectivity index (χ2v) is 11.2. The van der Waals surface area contributed by atoms with E-state index in [9.17, 15) is 0 Å². The summed E-state index contributed by atoms with van der Waals surface area (Å²) < 4.78 is 11.1. The average molecular weight is 588 g/mol. The second-order valence-electron chi connectivity index (χ2n) is 9.34. The molecule has 0 atom stereocenters. The van der Waals surface area contributed by atoms with Crippen LogP contribution in [0.1, 0.15) is 35.1 Å². The lowest BCUT2D eigenvalue weighted by Gasteiger charge is -2.19. The molecule has 0 unspecified atom stereocenters. The first kappa shape index (κ1) is 22.8. The van der Waals surface area contributed by atoms with E-state index in [1.54, 1.807) is 0 Å². The van der Waals surface area contributed by atoms with Crippen molar-refractivity contribution in [2.75, 3.05) is 13.1 Å². The Labute approximate surface area is 222 Å². The van der Waals surface area contributed by atoms with Gasteiger partial charge in [0.25, 0.3) is 0 Å². The molecule has 174 valence electrons. The summed E-state index contributed by atoms with van der Waals surface area (Å²) in [7, 11) is 0. The molecular formula is C31H26Br2NO+. The van der Waals surface area contributed by atoms with E-state index in [-0.39, 0.29) is 0 Å². The lowest BCUT2D eigenvalue weighted by atomic mass is 9.95. The maximum absolute atomic E-state index is 6.39. The molecule has 0 aromatic heterocycles. The lowest BCUT2D eigenvalue weighted by Crippen LogP contribution is -2.44. The van der Waals surface area contributed by atoms with Crippen molar-refractivity contribution in [1.82, 2.24) is 4.58 Å². The van der Waals surface area contributed by atoms with Crippen molar-refractivity contribution >= 4 is 49.3 Å². The van der Waals surface area contributed by atoms with Crippen molar-refractivity contribution in [2.24, 2.45) is 0 Å². The molecule has 0 spiro atoms. The number of benzene rings is 3. The van der Waals surface area contributed by atoms with E-state index in [4.69, 9.17) is 4.74 Å². The first-order valence-electron chi connectivity index (χ1n) is 12.2. The molecule has 0 fully saturated rings. The van der Waals surface area contributed by atoms with Gasteiger partial charge in [0.1, 0.15) is 24.6 Å². The Morgan fingerprint density at radius 2 is 1.31 bits per heavy atom. The highest BCUT2D eigenvalue weighted by atomic mass is 79.9. The van der Waals surface area contributed by atoms with Crippen molar-refractivity contribution in [2.45, 2.75) is 25.7 Å². The van der Waals surface area contributed by atoms with E-state index in [0.29, 0.717) is 0 Å². The molecule has 3 aliphatic heterocycles. The number of nitrogens with zero attached hydrogens (tertiary/aromatic N) is 1. The number of ether oxygens (including phenoxy) is 1. The van der Waals surface area contributed by atoms with Crippen LogP contribution in [0.5, 0.6) is 0 Å². The normalized spacial score (nSPS) is 17.9. The van der Waals surface area contributed by atoms with Gasteiger partial charge >= 0.3 is 0 Å². The van der Waals surface area contributed by atoms with Crippen molar-refractivity contribution in [1.29, 1.82) is 0 Å². The quantitative estimate of drug-likeness (QED) is 0.322. The van der Waals surface area contributed by atoms with Crippen LogP contribution in [0.4, 0.5) is 0 Å². The molecule has 0 aliphatic carbocycles. The maximum atomic E-state index is 6.39. The summed E-state index contributed by atoms with van der Waals surface area (Å²) in [5.41, 5.74) is 6.36. The third-order valence-corrected chi connectivity index (χ3v) is 7.97. The van der Waals surface area contributed by atoms with E-state index < -0.39 is 0 Å². The summed E-state index contributed by atoms with van der Waals surface area (Å²) in [6.07, 6.45) is 13.4. The highest BCUT2D eigenvalue weighted by molar-refractivity contribution is 9.10. The van der Waals surface area contributed by atoms with Crippen molar-refractivity contribution < 1.29 is 4.74 Å². The molecule has 0 saturated heterocycles. The van der Waals surface area contributed by atoms with Gasteiger partial charge in [-0.05, 0) is 83.8 Å². The molecule has 3 heterocycles. The van der Waals surface area contributed by atoms with Crippen LogP contribution < -0.4 is 15.2 Å². The Hall–Kier alpha value is -2.69. The first-order chi connectivity index (χ1) is 17.1. The largest absolute Gasteiger partial charge is 0.457 e.